The predicted molar refractivity (Wildman–Crippen MR) is 148 cm³/mol. The number of benzene rings is 2. The summed E-state index contributed by atoms with van der Waals surface area (Å²) in [7, 11) is -1.16. The van der Waals surface area contributed by atoms with E-state index in [4.69, 9.17) is 13.3 Å². The van der Waals surface area contributed by atoms with E-state index in [9.17, 15) is 4.79 Å². The van der Waals surface area contributed by atoms with Crippen molar-refractivity contribution in [2.75, 3.05) is 26.9 Å². The van der Waals surface area contributed by atoms with Gasteiger partial charge in [0.15, 0.2) is 0 Å². The summed E-state index contributed by atoms with van der Waals surface area (Å²) in [4.78, 5) is 11.3. The minimum absolute atomic E-state index is 0.347. The van der Waals surface area contributed by atoms with Crippen LogP contribution in [0.25, 0.3) is 17.2 Å². The zero-order chi connectivity index (χ0) is 25.8. The van der Waals surface area contributed by atoms with Gasteiger partial charge in [-0.3, -0.25) is 0 Å². The third-order valence-electron chi connectivity index (χ3n) is 7.04. The van der Waals surface area contributed by atoms with Crippen LogP contribution in [-0.4, -0.2) is 41.7 Å². The Hall–Kier alpha value is -2.25. The number of methoxy groups -OCH3 is 1. The van der Waals surface area contributed by atoms with Gasteiger partial charge in [-0.25, -0.2) is 4.79 Å². The van der Waals surface area contributed by atoms with Crippen molar-refractivity contribution < 1.29 is 22.8 Å². The Labute approximate surface area is 218 Å². The smallest absolute Gasteiger partial charge is 0.466 e. The quantitative estimate of drug-likeness (QED) is 0.161. The van der Waals surface area contributed by atoms with Crippen molar-refractivity contribution in [2.24, 2.45) is 5.92 Å². The Morgan fingerprint density at radius 1 is 0.833 bits per heavy atom. The van der Waals surface area contributed by atoms with Crippen LogP contribution in [0.15, 0.2) is 54.6 Å². The van der Waals surface area contributed by atoms with Crippen LogP contribution in [-0.2, 0) is 22.8 Å². The summed E-state index contributed by atoms with van der Waals surface area (Å²) in [6.07, 6.45) is 9.30. The molecule has 1 aliphatic carbocycles. The third-order valence-corrected chi connectivity index (χ3v) is 10.1. The third kappa shape index (κ3) is 8.13. The molecule has 1 fully saturated rings. The number of hydrogen-bond acceptors (Lipinski definition) is 5. The van der Waals surface area contributed by atoms with Crippen LogP contribution < -0.4 is 0 Å². The summed E-state index contributed by atoms with van der Waals surface area (Å²) in [5.41, 5.74) is 4.80. The van der Waals surface area contributed by atoms with E-state index in [0.29, 0.717) is 25.7 Å². The molecule has 0 unspecified atom stereocenters. The topological polar surface area (TPSA) is 54.0 Å². The molecule has 0 heterocycles. The molecule has 2 aromatic rings. The fourth-order valence-electron chi connectivity index (χ4n) is 5.13. The number of esters is 1. The average Bonchev–Trinajstić information content (AvgIpc) is 2.92. The second-order valence-corrected chi connectivity index (χ2v) is 12.1. The zero-order valence-electron chi connectivity index (χ0n) is 22.3. The molecule has 3 rings (SSSR count). The highest BCUT2D eigenvalue weighted by atomic mass is 28.4. The van der Waals surface area contributed by atoms with Gasteiger partial charge in [-0.1, -0.05) is 48.5 Å². The summed E-state index contributed by atoms with van der Waals surface area (Å²) < 4.78 is 22.8. The number of hydrogen-bond donors (Lipinski definition) is 0. The zero-order valence-corrected chi connectivity index (χ0v) is 23.3. The molecule has 0 aliphatic heterocycles. The van der Waals surface area contributed by atoms with E-state index in [1.165, 1.54) is 55.6 Å². The highest BCUT2D eigenvalue weighted by Crippen LogP contribution is 2.39. The van der Waals surface area contributed by atoms with Crippen LogP contribution in [0.4, 0.5) is 0 Å². The van der Waals surface area contributed by atoms with Crippen LogP contribution in [0.3, 0.4) is 0 Å². The molecule has 2 aromatic carbocycles. The average molecular weight is 511 g/mol. The van der Waals surface area contributed by atoms with Crippen molar-refractivity contribution in [3.8, 4) is 11.1 Å². The summed E-state index contributed by atoms with van der Waals surface area (Å²) in [5.74, 6) is 1.01. The van der Waals surface area contributed by atoms with Crippen molar-refractivity contribution in [2.45, 2.75) is 64.8 Å². The molecule has 196 valence electrons. The van der Waals surface area contributed by atoms with Gasteiger partial charge in [0, 0.05) is 31.9 Å². The maximum Gasteiger partial charge on any atom is 0.500 e. The van der Waals surface area contributed by atoms with E-state index in [2.05, 4.69) is 41.1 Å². The van der Waals surface area contributed by atoms with E-state index in [1.807, 2.05) is 32.9 Å². The minimum atomic E-state index is -2.54. The predicted octanol–water partition coefficient (Wildman–Crippen LogP) is 7.25. The second-order valence-electron chi connectivity index (χ2n) is 9.34. The van der Waals surface area contributed by atoms with Gasteiger partial charge >= 0.3 is 14.8 Å². The molecule has 0 aromatic heterocycles. The standard InChI is InChI=1S/C30H42O5Si/c1-5-33-36(34-6-2,35-7-3)23-22-25-10-15-27(16-11-25)29-19-17-28(18-20-29)26-13-8-24(9-14-26)12-21-30(31)32-4/h8-9,12-14,17-21,25,27H,5-7,10-11,15-16,22-23H2,1-4H3/t25-,27-. The van der Waals surface area contributed by atoms with Crippen molar-refractivity contribution in [3.05, 3.63) is 65.7 Å². The Morgan fingerprint density at radius 2 is 1.36 bits per heavy atom. The van der Waals surface area contributed by atoms with Gasteiger partial charge in [0.1, 0.15) is 0 Å². The summed E-state index contributed by atoms with van der Waals surface area (Å²) in [6, 6.07) is 18.2. The van der Waals surface area contributed by atoms with E-state index in [1.54, 1.807) is 6.08 Å². The maximum absolute atomic E-state index is 11.3. The molecular formula is C30H42O5Si. The van der Waals surface area contributed by atoms with Crippen LogP contribution in [0.2, 0.25) is 6.04 Å². The molecule has 0 spiro atoms. The first-order valence-electron chi connectivity index (χ1n) is 13.4. The van der Waals surface area contributed by atoms with Gasteiger partial charge in [-0.2, -0.15) is 0 Å². The first-order chi connectivity index (χ1) is 17.5. The molecule has 0 saturated heterocycles. The molecule has 1 aliphatic rings. The summed E-state index contributed by atoms with van der Waals surface area (Å²) >= 11 is 0. The lowest BCUT2D eigenvalue weighted by atomic mass is 9.77. The van der Waals surface area contributed by atoms with Crippen LogP contribution in [0.5, 0.6) is 0 Å². The normalized spacial score (nSPS) is 18.4. The van der Waals surface area contributed by atoms with Crippen molar-refractivity contribution >= 4 is 20.8 Å². The summed E-state index contributed by atoms with van der Waals surface area (Å²) in [5, 5.41) is 0. The lowest BCUT2D eigenvalue weighted by molar-refractivity contribution is -0.134. The van der Waals surface area contributed by atoms with Gasteiger partial charge in [0.25, 0.3) is 0 Å². The molecule has 0 amide bonds. The lowest BCUT2D eigenvalue weighted by Gasteiger charge is -2.32. The molecular weight excluding hydrogens is 468 g/mol. The van der Waals surface area contributed by atoms with Crippen molar-refractivity contribution in [1.82, 2.24) is 0 Å². The molecule has 1 saturated carbocycles. The molecule has 6 heteroatoms. The number of carbonyl (C=O) groups is 1. The Bertz CT molecular complexity index is 929. The lowest BCUT2D eigenvalue weighted by Crippen LogP contribution is -2.46. The molecule has 36 heavy (non-hydrogen) atoms. The summed E-state index contributed by atoms with van der Waals surface area (Å²) in [6.45, 7) is 8.01. The van der Waals surface area contributed by atoms with Gasteiger partial charge in [0.05, 0.1) is 7.11 Å². The van der Waals surface area contributed by atoms with Crippen LogP contribution in [0, 0.1) is 5.92 Å². The Balaban J connectivity index is 1.52. The fourth-order valence-corrected chi connectivity index (χ4v) is 7.90. The largest absolute Gasteiger partial charge is 0.500 e. The molecule has 5 nitrogen and oxygen atoms in total. The number of ether oxygens (including phenoxy) is 1. The van der Waals surface area contributed by atoms with E-state index in [0.717, 1.165) is 23.9 Å². The van der Waals surface area contributed by atoms with E-state index < -0.39 is 8.80 Å². The van der Waals surface area contributed by atoms with Crippen molar-refractivity contribution in [3.63, 3.8) is 0 Å². The van der Waals surface area contributed by atoms with Gasteiger partial charge < -0.3 is 18.0 Å². The highest BCUT2D eigenvalue weighted by Gasteiger charge is 2.40. The Morgan fingerprint density at radius 3 is 1.86 bits per heavy atom. The van der Waals surface area contributed by atoms with Gasteiger partial charge in [-0.05, 0) is 93.0 Å². The maximum atomic E-state index is 11.3. The van der Waals surface area contributed by atoms with Gasteiger partial charge in [-0.15, -0.1) is 0 Å². The molecule has 0 atom stereocenters. The molecule has 0 radical (unpaired) electrons. The molecule has 0 bridgehead atoms. The van der Waals surface area contributed by atoms with E-state index in [-0.39, 0.29) is 5.97 Å². The number of rotatable bonds is 13. The first kappa shape index (κ1) is 28.3. The van der Waals surface area contributed by atoms with Crippen molar-refractivity contribution in [1.29, 1.82) is 0 Å². The fraction of sp³-hybridized carbons (Fsp3) is 0.500. The number of carbonyl (C=O) groups excluding carboxylic acids is 1. The second kappa shape index (κ2) is 14.5. The van der Waals surface area contributed by atoms with Gasteiger partial charge in [0.2, 0.25) is 0 Å². The van der Waals surface area contributed by atoms with Crippen LogP contribution >= 0.6 is 0 Å². The monoisotopic (exact) mass is 510 g/mol. The van der Waals surface area contributed by atoms with Crippen LogP contribution in [0.1, 0.15) is 69.9 Å². The SMILES string of the molecule is CCO[Si](CC[C@H]1CC[C@H](c2ccc(-c3ccc(C=CC(=O)OC)cc3)cc2)CC1)(OCC)OCC. The first-order valence-corrected chi connectivity index (χ1v) is 15.3. The minimum Gasteiger partial charge on any atom is -0.466 e. The Kier molecular flexibility index (Phi) is 11.4. The molecule has 0 N–H and O–H groups in total. The van der Waals surface area contributed by atoms with E-state index >= 15 is 0 Å². The highest BCUT2D eigenvalue weighted by molar-refractivity contribution is 6.60.